The van der Waals surface area contributed by atoms with Gasteiger partial charge in [0.25, 0.3) is 0 Å². The predicted octanol–water partition coefficient (Wildman–Crippen LogP) is 10.8. The van der Waals surface area contributed by atoms with Gasteiger partial charge in [-0.3, -0.25) is 4.57 Å². The first-order chi connectivity index (χ1) is 21.3. The van der Waals surface area contributed by atoms with Crippen molar-refractivity contribution in [1.82, 2.24) is 9.13 Å². The van der Waals surface area contributed by atoms with E-state index < -0.39 is 0 Å². The van der Waals surface area contributed by atoms with Crippen LogP contribution in [0.4, 0.5) is 0 Å². The van der Waals surface area contributed by atoms with Gasteiger partial charge >= 0.3 is 0 Å². The van der Waals surface area contributed by atoms with E-state index in [1.807, 2.05) is 0 Å². The average molecular weight is 551 g/mol. The van der Waals surface area contributed by atoms with E-state index in [1.54, 1.807) is 0 Å². The molecule has 2 heterocycles. The maximum absolute atomic E-state index is 6.54. The lowest BCUT2D eigenvalue weighted by atomic mass is 9.99. The normalized spacial score (nSPS) is 14.3. The third-order valence-corrected chi connectivity index (χ3v) is 8.76. The van der Waals surface area contributed by atoms with E-state index in [9.17, 15) is 0 Å². The van der Waals surface area contributed by atoms with Crippen molar-refractivity contribution in [2.45, 2.75) is 19.8 Å². The van der Waals surface area contributed by atoms with Crippen LogP contribution < -0.4 is 0 Å². The standard InChI is InChI=1S/C41H30N2/c1-3-14-32(30-24-23-28-15-8-9-16-29(28)27-30)37(4-2)43-39-22-13-11-20-34(39)36-26-25-35-33-19-10-12-21-38(33)42(40(35)41(36)43)31-17-6-5-7-18-31/h2-3,5-6,8-17,19-27H,7,18H2,1H3/b14-3-,37-32-. The molecule has 2 nitrogen and oxygen atoms in total. The van der Waals surface area contributed by atoms with Crippen LogP contribution in [0.1, 0.15) is 25.3 Å². The zero-order valence-electron chi connectivity index (χ0n) is 24.1. The molecule has 1 aliphatic carbocycles. The van der Waals surface area contributed by atoms with Gasteiger partial charge in [0, 0.05) is 32.8 Å². The minimum atomic E-state index is 0.835. The molecule has 43 heavy (non-hydrogen) atoms. The van der Waals surface area contributed by atoms with Crippen LogP contribution >= 0.6 is 0 Å². The molecule has 0 amide bonds. The second-order valence-corrected chi connectivity index (χ2v) is 11.2. The monoisotopic (exact) mass is 550 g/mol. The zero-order valence-corrected chi connectivity index (χ0v) is 24.1. The summed E-state index contributed by atoms with van der Waals surface area (Å²) in [5, 5.41) is 7.29. The van der Waals surface area contributed by atoms with Crippen LogP contribution in [0.2, 0.25) is 0 Å². The fraction of sp³-hybridized carbons (Fsp3) is 0.0732. The number of hydrogen-bond donors (Lipinski definition) is 0. The van der Waals surface area contributed by atoms with Gasteiger partial charge in [0.15, 0.2) is 0 Å². The molecule has 0 aliphatic heterocycles. The Bertz CT molecular complexity index is 2410. The summed E-state index contributed by atoms with van der Waals surface area (Å²) in [5.74, 6) is 3.17. The summed E-state index contributed by atoms with van der Waals surface area (Å²) in [4.78, 5) is 0. The third kappa shape index (κ3) is 3.83. The van der Waals surface area contributed by atoms with Gasteiger partial charge in [-0.2, -0.15) is 0 Å². The molecule has 2 heteroatoms. The first-order valence-corrected chi connectivity index (χ1v) is 14.9. The van der Waals surface area contributed by atoms with Gasteiger partial charge in [0.1, 0.15) is 5.70 Å². The van der Waals surface area contributed by atoms with Crippen LogP contribution in [-0.4, -0.2) is 9.13 Å². The molecule has 0 saturated carbocycles. The van der Waals surface area contributed by atoms with Crippen LogP contribution in [0.15, 0.2) is 134 Å². The number of hydrogen-bond acceptors (Lipinski definition) is 0. The molecule has 2 aromatic heterocycles. The van der Waals surface area contributed by atoms with Crippen LogP contribution in [0, 0.1) is 12.3 Å². The molecule has 0 spiro atoms. The second kappa shape index (κ2) is 10.1. The summed E-state index contributed by atoms with van der Waals surface area (Å²) in [6, 6.07) is 37.1. The fourth-order valence-corrected chi connectivity index (χ4v) is 6.91. The van der Waals surface area contributed by atoms with Crippen molar-refractivity contribution in [2.75, 3.05) is 0 Å². The van der Waals surface area contributed by atoms with E-state index in [4.69, 9.17) is 6.42 Å². The molecule has 5 aromatic carbocycles. The van der Waals surface area contributed by atoms with Crippen molar-refractivity contribution in [3.8, 4) is 12.3 Å². The summed E-state index contributed by atoms with van der Waals surface area (Å²) in [6.45, 7) is 2.06. The third-order valence-electron chi connectivity index (χ3n) is 8.76. The van der Waals surface area contributed by atoms with Crippen LogP contribution in [-0.2, 0) is 0 Å². The summed E-state index contributed by atoms with van der Waals surface area (Å²) in [7, 11) is 0. The van der Waals surface area contributed by atoms with Crippen molar-refractivity contribution in [3.05, 3.63) is 139 Å². The molecule has 0 bridgehead atoms. The Morgan fingerprint density at radius 3 is 2.19 bits per heavy atom. The molecule has 7 aromatic rings. The SMILES string of the molecule is C#C/C(=C(\C=C/C)c1ccc2ccccc2c1)n1c2ccccc2c2ccc3c4ccccc4n(C4=CC=CCC4)c3c21. The number of terminal acetylenes is 1. The Balaban J connectivity index is 1.58. The Labute approximate surface area is 251 Å². The number of benzene rings is 5. The van der Waals surface area contributed by atoms with Crippen molar-refractivity contribution in [2.24, 2.45) is 0 Å². The number of nitrogens with zero attached hydrogens (tertiary/aromatic N) is 2. The highest BCUT2D eigenvalue weighted by Crippen LogP contribution is 2.43. The molecule has 0 radical (unpaired) electrons. The first kappa shape index (κ1) is 25.2. The predicted molar refractivity (Wildman–Crippen MR) is 186 cm³/mol. The Hall–Kier alpha value is -5.52. The van der Waals surface area contributed by atoms with E-state index in [2.05, 4.69) is 155 Å². The number of aromatic nitrogens is 2. The summed E-state index contributed by atoms with van der Waals surface area (Å²) >= 11 is 0. The molecule has 0 unspecified atom stereocenters. The maximum Gasteiger partial charge on any atom is 0.105 e. The lowest BCUT2D eigenvalue weighted by Crippen LogP contribution is -2.03. The van der Waals surface area contributed by atoms with E-state index in [0.29, 0.717) is 0 Å². The Morgan fingerprint density at radius 1 is 0.744 bits per heavy atom. The quantitative estimate of drug-likeness (QED) is 0.152. The van der Waals surface area contributed by atoms with Crippen LogP contribution in [0.25, 0.3) is 71.4 Å². The highest BCUT2D eigenvalue weighted by atomic mass is 15.1. The highest BCUT2D eigenvalue weighted by Gasteiger charge is 2.23. The molecule has 0 fully saturated rings. The molecular formula is C41H30N2. The molecule has 0 N–H and O–H groups in total. The van der Waals surface area contributed by atoms with Crippen molar-refractivity contribution in [1.29, 1.82) is 0 Å². The van der Waals surface area contributed by atoms with E-state index in [-0.39, 0.29) is 0 Å². The van der Waals surface area contributed by atoms with E-state index in [1.165, 1.54) is 49.0 Å². The summed E-state index contributed by atoms with van der Waals surface area (Å²) in [6.07, 6.45) is 19.5. The van der Waals surface area contributed by atoms with Crippen molar-refractivity contribution < 1.29 is 0 Å². The smallest absolute Gasteiger partial charge is 0.105 e. The van der Waals surface area contributed by atoms with Gasteiger partial charge < -0.3 is 4.57 Å². The first-order valence-electron chi connectivity index (χ1n) is 14.9. The van der Waals surface area contributed by atoms with Gasteiger partial charge in [0.2, 0.25) is 0 Å². The van der Waals surface area contributed by atoms with Gasteiger partial charge in [-0.15, -0.1) is 6.42 Å². The lowest BCUT2D eigenvalue weighted by molar-refractivity contribution is 0.979. The Kier molecular flexibility index (Phi) is 5.91. The summed E-state index contributed by atoms with van der Waals surface area (Å²) < 4.78 is 4.82. The maximum atomic E-state index is 6.54. The molecule has 1 aliphatic rings. The highest BCUT2D eigenvalue weighted by molar-refractivity contribution is 6.25. The average Bonchev–Trinajstić information content (AvgIpc) is 3.58. The minimum absolute atomic E-state index is 0.835. The molecule has 0 atom stereocenters. The van der Waals surface area contributed by atoms with Gasteiger partial charge in [0.05, 0.1) is 22.1 Å². The van der Waals surface area contributed by atoms with E-state index >= 15 is 0 Å². The van der Waals surface area contributed by atoms with Crippen molar-refractivity contribution in [3.63, 3.8) is 0 Å². The topological polar surface area (TPSA) is 9.86 Å². The van der Waals surface area contributed by atoms with E-state index in [0.717, 1.165) is 40.7 Å². The van der Waals surface area contributed by atoms with Crippen LogP contribution in [0.3, 0.4) is 0 Å². The molecule has 204 valence electrons. The zero-order chi connectivity index (χ0) is 28.9. The van der Waals surface area contributed by atoms with Gasteiger partial charge in [-0.25, -0.2) is 0 Å². The Morgan fingerprint density at radius 2 is 1.44 bits per heavy atom. The molecule has 8 rings (SSSR count). The number of allylic oxidation sites excluding steroid dienone is 8. The van der Waals surface area contributed by atoms with Crippen LogP contribution in [0.5, 0.6) is 0 Å². The lowest BCUT2D eigenvalue weighted by Gasteiger charge is -2.17. The number of para-hydroxylation sites is 2. The molecule has 0 saturated heterocycles. The number of rotatable bonds is 4. The minimum Gasteiger partial charge on any atom is -0.311 e. The largest absolute Gasteiger partial charge is 0.311 e. The summed E-state index contributed by atoms with van der Waals surface area (Å²) in [5.41, 5.74) is 8.92. The van der Waals surface area contributed by atoms with Crippen molar-refractivity contribution >= 4 is 71.4 Å². The van der Waals surface area contributed by atoms with Gasteiger partial charge in [-0.05, 0) is 60.4 Å². The number of fused-ring (bicyclic) bond motifs is 8. The molecular weight excluding hydrogens is 520 g/mol. The van der Waals surface area contributed by atoms with Gasteiger partial charge in [-0.1, -0.05) is 115 Å². The second-order valence-electron chi connectivity index (χ2n) is 11.2. The fourth-order valence-electron chi connectivity index (χ4n) is 6.91.